The summed E-state index contributed by atoms with van der Waals surface area (Å²) in [6, 6.07) is 9.05. The molecule has 0 spiro atoms. The van der Waals surface area contributed by atoms with E-state index in [2.05, 4.69) is 15.6 Å². The van der Waals surface area contributed by atoms with E-state index in [0.29, 0.717) is 29.1 Å². The summed E-state index contributed by atoms with van der Waals surface area (Å²) < 4.78 is 0. The Bertz CT molecular complexity index is 714. The van der Waals surface area contributed by atoms with E-state index in [0.717, 1.165) is 5.56 Å². The van der Waals surface area contributed by atoms with Crippen molar-refractivity contribution in [2.45, 2.75) is 26.3 Å². The highest BCUT2D eigenvalue weighted by Gasteiger charge is 2.11. The molecule has 0 saturated carbocycles. The van der Waals surface area contributed by atoms with Gasteiger partial charge in [0, 0.05) is 30.0 Å². The normalized spacial score (nSPS) is 10.5. The van der Waals surface area contributed by atoms with Gasteiger partial charge in [-0.3, -0.25) is 14.6 Å². The van der Waals surface area contributed by atoms with Crippen LogP contribution in [0.1, 0.15) is 40.1 Å². The Labute approximate surface area is 146 Å². The maximum atomic E-state index is 12.2. The lowest BCUT2D eigenvalue weighted by Gasteiger charge is -2.09. The fourth-order valence-electron chi connectivity index (χ4n) is 2.11. The Balaban J connectivity index is 1.92. The first-order valence-corrected chi connectivity index (χ1v) is 8.12. The lowest BCUT2D eigenvalue weighted by atomic mass is 10.1. The van der Waals surface area contributed by atoms with E-state index in [4.69, 9.17) is 11.6 Å². The van der Waals surface area contributed by atoms with Crippen LogP contribution in [0.2, 0.25) is 5.02 Å². The molecule has 2 amide bonds. The summed E-state index contributed by atoms with van der Waals surface area (Å²) in [4.78, 5) is 28.1. The first-order chi connectivity index (χ1) is 11.5. The highest BCUT2D eigenvalue weighted by Crippen LogP contribution is 2.09. The van der Waals surface area contributed by atoms with Crippen LogP contribution in [0.3, 0.4) is 0 Å². The van der Waals surface area contributed by atoms with Crippen LogP contribution in [-0.2, 0) is 6.42 Å². The summed E-state index contributed by atoms with van der Waals surface area (Å²) in [7, 11) is 0. The predicted molar refractivity (Wildman–Crippen MR) is 94.3 cm³/mol. The number of hydrogen-bond donors (Lipinski definition) is 2. The van der Waals surface area contributed by atoms with Crippen LogP contribution < -0.4 is 10.6 Å². The summed E-state index contributed by atoms with van der Waals surface area (Å²) in [5, 5.41) is 6.28. The third kappa shape index (κ3) is 5.35. The third-order valence-corrected chi connectivity index (χ3v) is 3.55. The molecule has 0 aliphatic carbocycles. The summed E-state index contributed by atoms with van der Waals surface area (Å²) >= 11 is 5.84. The van der Waals surface area contributed by atoms with Gasteiger partial charge < -0.3 is 10.6 Å². The van der Waals surface area contributed by atoms with Crippen molar-refractivity contribution in [3.63, 3.8) is 0 Å². The number of benzene rings is 1. The van der Waals surface area contributed by atoms with Crippen LogP contribution in [0.4, 0.5) is 0 Å². The van der Waals surface area contributed by atoms with E-state index in [1.165, 1.54) is 12.4 Å². The van der Waals surface area contributed by atoms with Crippen LogP contribution in [0.15, 0.2) is 42.7 Å². The van der Waals surface area contributed by atoms with Crippen molar-refractivity contribution in [1.29, 1.82) is 0 Å². The number of rotatable bonds is 6. The monoisotopic (exact) mass is 345 g/mol. The van der Waals surface area contributed by atoms with Gasteiger partial charge in [-0.05, 0) is 44.0 Å². The van der Waals surface area contributed by atoms with E-state index in [1.807, 2.05) is 38.1 Å². The van der Waals surface area contributed by atoms with E-state index in [1.54, 1.807) is 6.07 Å². The van der Waals surface area contributed by atoms with Crippen molar-refractivity contribution >= 4 is 23.4 Å². The highest BCUT2D eigenvalue weighted by atomic mass is 35.5. The van der Waals surface area contributed by atoms with Crippen molar-refractivity contribution in [3.05, 3.63) is 64.4 Å². The minimum atomic E-state index is -0.254. The Morgan fingerprint density at radius 3 is 2.33 bits per heavy atom. The Hall–Kier alpha value is -2.40. The standard InChI is InChI=1S/C18H20ClN3O2/c1-12(2)22-18(24)15-9-14(10-20-11-15)17(23)21-8-7-13-3-5-16(19)6-4-13/h3-6,9-12H,7-8H2,1-2H3,(H,21,23)(H,22,24). The van der Waals surface area contributed by atoms with Crippen LogP contribution in [-0.4, -0.2) is 29.4 Å². The first kappa shape index (κ1) is 17.9. The van der Waals surface area contributed by atoms with Gasteiger partial charge >= 0.3 is 0 Å². The van der Waals surface area contributed by atoms with Crippen LogP contribution in [0, 0.1) is 0 Å². The molecule has 1 heterocycles. The molecule has 0 aliphatic heterocycles. The van der Waals surface area contributed by atoms with E-state index in [-0.39, 0.29) is 17.9 Å². The summed E-state index contributed by atoms with van der Waals surface area (Å²) in [6.45, 7) is 4.24. The van der Waals surface area contributed by atoms with Crippen molar-refractivity contribution in [2.24, 2.45) is 0 Å². The fourth-order valence-corrected chi connectivity index (χ4v) is 2.23. The van der Waals surface area contributed by atoms with Gasteiger partial charge in [-0.15, -0.1) is 0 Å². The van der Waals surface area contributed by atoms with Gasteiger partial charge in [-0.2, -0.15) is 0 Å². The minimum absolute atomic E-state index is 0.0226. The van der Waals surface area contributed by atoms with Gasteiger partial charge in [-0.1, -0.05) is 23.7 Å². The van der Waals surface area contributed by atoms with Gasteiger partial charge in [0.15, 0.2) is 0 Å². The topological polar surface area (TPSA) is 71.1 Å². The first-order valence-electron chi connectivity index (χ1n) is 7.74. The number of nitrogens with one attached hydrogen (secondary N) is 2. The predicted octanol–water partition coefficient (Wildman–Crippen LogP) is 2.85. The lowest BCUT2D eigenvalue weighted by Crippen LogP contribution is -2.31. The highest BCUT2D eigenvalue weighted by molar-refractivity contribution is 6.30. The number of nitrogens with zero attached hydrogens (tertiary/aromatic N) is 1. The number of carbonyl (C=O) groups excluding carboxylic acids is 2. The third-order valence-electron chi connectivity index (χ3n) is 3.29. The second kappa shape index (κ2) is 8.45. The molecule has 0 atom stereocenters. The van der Waals surface area contributed by atoms with Crippen molar-refractivity contribution < 1.29 is 9.59 Å². The fraction of sp³-hybridized carbons (Fsp3) is 0.278. The molecule has 0 radical (unpaired) electrons. The zero-order chi connectivity index (χ0) is 17.5. The molecule has 0 fully saturated rings. The van der Waals surface area contributed by atoms with Crippen molar-refractivity contribution in [2.75, 3.05) is 6.54 Å². The Morgan fingerprint density at radius 1 is 1.08 bits per heavy atom. The summed E-state index contributed by atoms with van der Waals surface area (Å²) in [5.41, 5.74) is 1.82. The van der Waals surface area contributed by atoms with Gasteiger partial charge in [0.05, 0.1) is 11.1 Å². The zero-order valence-electron chi connectivity index (χ0n) is 13.7. The van der Waals surface area contributed by atoms with Gasteiger partial charge in [0.2, 0.25) is 0 Å². The molecule has 2 N–H and O–H groups in total. The molecule has 126 valence electrons. The molecular formula is C18H20ClN3O2. The average molecular weight is 346 g/mol. The molecular weight excluding hydrogens is 326 g/mol. The van der Waals surface area contributed by atoms with Crippen molar-refractivity contribution in [3.8, 4) is 0 Å². The molecule has 6 heteroatoms. The number of hydrogen-bond acceptors (Lipinski definition) is 3. The van der Waals surface area contributed by atoms with Crippen LogP contribution in [0.25, 0.3) is 0 Å². The molecule has 0 unspecified atom stereocenters. The average Bonchev–Trinajstić information content (AvgIpc) is 2.56. The molecule has 1 aromatic carbocycles. The van der Waals surface area contributed by atoms with Crippen LogP contribution in [0.5, 0.6) is 0 Å². The summed E-state index contributed by atoms with van der Waals surface area (Å²) in [5.74, 6) is -0.496. The largest absolute Gasteiger partial charge is 0.352 e. The second-order valence-electron chi connectivity index (χ2n) is 5.72. The molecule has 2 aromatic rings. The number of carbonyl (C=O) groups is 2. The number of amides is 2. The smallest absolute Gasteiger partial charge is 0.253 e. The van der Waals surface area contributed by atoms with E-state index in [9.17, 15) is 9.59 Å². The maximum Gasteiger partial charge on any atom is 0.253 e. The quantitative estimate of drug-likeness (QED) is 0.845. The molecule has 0 bridgehead atoms. The maximum absolute atomic E-state index is 12.2. The zero-order valence-corrected chi connectivity index (χ0v) is 14.4. The summed E-state index contributed by atoms with van der Waals surface area (Å²) in [6.07, 6.45) is 3.59. The number of halogens is 1. The molecule has 0 aliphatic rings. The molecule has 1 aromatic heterocycles. The van der Waals surface area contributed by atoms with Crippen molar-refractivity contribution in [1.82, 2.24) is 15.6 Å². The van der Waals surface area contributed by atoms with Gasteiger partial charge in [0.25, 0.3) is 11.8 Å². The lowest BCUT2D eigenvalue weighted by molar-refractivity contribution is 0.0942. The van der Waals surface area contributed by atoms with Gasteiger partial charge in [-0.25, -0.2) is 0 Å². The van der Waals surface area contributed by atoms with E-state index >= 15 is 0 Å². The molecule has 0 saturated heterocycles. The van der Waals surface area contributed by atoms with Gasteiger partial charge in [0.1, 0.15) is 0 Å². The minimum Gasteiger partial charge on any atom is -0.352 e. The number of pyridine rings is 1. The Kier molecular flexibility index (Phi) is 6.32. The number of aromatic nitrogens is 1. The molecule has 2 rings (SSSR count). The molecule has 24 heavy (non-hydrogen) atoms. The second-order valence-corrected chi connectivity index (χ2v) is 6.16. The van der Waals surface area contributed by atoms with Crippen LogP contribution >= 0.6 is 11.6 Å². The Morgan fingerprint density at radius 2 is 1.71 bits per heavy atom. The molecule has 5 nitrogen and oxygen atoms in total. The SMILES string of the molecule is CC(C)NC(=O)c1cncc(C(=O)NCCc2ccc(Cl)cc2)c1. The van der Waals surface area contributed by atoms with E-state index < -0.39 is 0 Å².